The Morgan fingerprint density at radius 2 is 2.12 bits per heavy atom. The van der Waals surface area contributed by atoms with Crippen molar-refractivity contribution in [3.63, 3.8) is 0 Å². The molecule has 0 atom stereocenters. The molecule has 1 amide bonds. The Hall–Kier alpha value is -1.85. The molecule has 0 bridgehead atoms. The highest BCUT2D eigenvalue weighted by molar-refractivity contribution is 7.20. The van der Waals surface area contributed by atoms with E-state index in [0.717, 1.165) is 44.3 Å². The van der Waals surface area contributed by atoms with Crippen LogP contribution in [0.25, 0.3) is 10.2 Å². The van der Waals surface area contributed by atoms with Crippen molar-refractivity contribution < 1.29 is 4.79 Å². The number of carbonyl (C=O) groups is 1. The maximum atomic E-state index is 12.5. The molecule has 0 aliphatic rings. The van der Waals surface area contributed by atoms with Crippen LogP contribution in [0.2, 0.25) is 5.02 Å². The number of hydrogen-bond donors (Lipinski definition) is 0. The van der Waals surface area contributed by atoms with Gasteiger partial charge in [-0.2, -0.15) is 5.10 Å². The molecule has 0 radical (unpaired) electrons. The molecule has 24 heavy (non-hydrogen) atoms. The van der Waals surface area contributed by atoms with Crippen LogP contribution in [0.3, 0.4) is 0 Å². The van der Waals surface area contributed by atoms with Crippen LogP contribution in [0.5, 0.6) is 0 Å². The Morgan fingerprint density at radius 3 is 2.83 bits per heavy atom. The summed E-state index contributed by atoms with van der Waals surface area (Å²) in [7, 11) is 1.85. The summed E-state index contributed by atoms with van der Waals surface area (Å²) in [4.78, 5) is 16.1. The van der Waals surface area contributed by atoms with Gasteiger partial charge in [0.25, 0.3) is 5.91 Å². The molecular weight excluding hydrogens is 342 g/mol. The van der Waals surface area contributed by atoms with E-state index in [-0.39, 0.29) is 5.91 Å². The van der Waals surface area contributed by atoms with Crippen LogP contribution in [0.1, 0.15) is 34.3 Å². The van der Waals surface area contributed by atoms with Crippen molar-refractivity contribution in [3.05, 3.63) is 51.5 Å². The zero-order valence-electron chi connectivity index (χ0n) is 14.0. The zero-order chi connectivity index (χ0) is 17.3. The van der Waals surface area contributed by atoms with Gasteiger partial charge in [0.05, 0.1) is 17.1 Å². The van der Waals surface area contributed by atoms with E-state index < -0.39 is 0 Å². The van der Waals surface area contributed by atoms with Crippen molar-refractivity contribution >= 4 is 39.1 Å². The minimum atomic E-state index is 0.0711. The Labute approximate surface area is 150 Å². The maximum Gasteiger partial charge on any atom is 0.263 e. The molecule has 4 nitrogen and oxygen atoms in total. The van der Waals surface area contributed by atoms with E-state index >= 15 is 0 Å². The molecule has 0 aliphatic heterocycles. The van der Waals surface area contributed by atoms with Crippen LogP contribution in [0.15, 0.2) is 30.3 Å². The highest BCUT2D eigenvalue weighted by Crippen LogP contribution is 2.30. The van der Waals surface area contributed by atoms with Crippen molar-refractivity contribution in [1.29, 1.82) is 0 Å². The van der Waals surface area contributed by atoms with Gasteiger partial charge in [-0.3, -0.25) is 9.48 Å². The third-order valence-corrected chi connectivity index (χ3v) is 5.51. The quantitative estimate of drug-likeness (QED) is 0.666. The maximum absolute atomic E-state index is 12.5. The van der Waals surface area contributed by atoms with E-state index in [2.05, 4.69) is 12.0 Å². The van der Waals surface area contributed by atoms with Crippen LogP contribution in [0.4, 0.5) is 0 Å². The first-order valence-electron chi connectivity index (χ1n) is 7.97. The van der Waals surface area contributed by atoms with Gasteiger partial charge in [-0.25, -0.2) is 0 Å². The molecule has 126 valence electrons. The Bertz CT molecular complexity index is 884. The average Bonchev–Trinajstić information content (AvgIpc) is 3.11. The van der Waals surface area contributed by atoms with Crippen LogP contribution in [0, 0.1) is 6.92 Å². The smallest absolute Gasteiger partial charge is 0.263 e. The molecule has 1 aromatic carbocycles. The second-order valence-electron chi connectivity index (χ2n) is 5.89. The summed E-state index contributed by atoms with van der Waals surface area (Å²) in [6, 6.07) is 9.73. The summed E-state index contributed by atoms with van der Waals surface area (Å²) in [5.74, 6) is 0.0711. The number of nitrogens with zero attached hydrogens (tertiary/aromatic N) is 3. The summed E-state index contributed by atoms with van der Waals surface area (Å²) in [6.07, 6.45) is 0.951. The Balaban J connectivity index is 1.96. The van der Waals surface area contributed by atoms with Gasteiger partial charge >= 0.3 is 0 Å². The van der Waals surface area contributed by atoms with E-state index in [9.17, 15) is 4.79 Å². The normalized spacial score (nSPS) is 11.2. The fourth-order valence-corrected chi connectivity index (χ4v) is 4.09. The lowest BCUT2D eigenvalue weighted by molar-refractivity contribution is 0.0800. The van der Waals surface area contributed by atoms with Gasteiger partial charge in [0.2, 0.25) is 0 Å². The van der Waals surface area contributed by atoms with Crippen molar-refractivity contribution in [1.82, 2.24) is 14.7 Å². The van der Waals surface area contributed by atoms with Crippen LogP contribution in [-0.2, 0) is 6.54 Å². The lowest BCUT2D eigenvalue weighted by atomic mass is 10.2. The number of fused-ring (bicyclic) bond motifs is 1. The highest BCUT2D eigenvalue weighted by Gasteiger charge is 2.19. The number of amides is 1. The first kappa shape index (κ1) is 17.0. The van der Waals surface area contributed by atoms with Gasteiger partial charge in [-0.05, 0) is 31.0 Å². The van der Waals surface area contributed by atoms with Gasteiger partial charge in [-0.15, -0.1) is 11.3 Å². The molecule has 3 rings (SSSR count). The van der Waals surface area contributed by atoms with Crippen molar-refractivity contribution in [2.75, 3.05) is 13.6 Å². The lowest BCUT2D eigenvalue weighted by Crippen LogP contribution is -2.26. The fraction of sp³-hybridized carbons (Fsp3) is 0.333. The minimum Gasteiger partial charge on any atom is -0.341 e. The standard InChI is InChI=1S/C18H20ClN3OS/c1-4-9-21(3)17(23)16-10-14-12(2)20-22(18(14)24-16)11-13-7-5-6-8-15(13)19/h5-8,10H,4,9,11H2,1-3H3. The average molecular weight is 362 g/mol. The highest BCUT2D eigenvalue weighted by atomic mass is 35.5. The number of carbonyl (C=O) groups excluding carboxylic acids is 1. The molecule has 0 N–H and O–H groups in total. The van der Waals surface area contributed by atoms with Gasteiger partial charge < -0.3 is 4.90 Å². The molecule has 0 unspecified atom stereocenters. The number of aryl methyl sites for hydroxylation is 1. The van der Waals surface area contributed by atoms with Gasteiger partial charge in [0, 0.05) is 24.0 Å². The van der Waals surface area contributed by atoms with Gasteiger partial charge in [0.1, 0.15) is 4.83 Å². The van der Waals surface area contributed by atoms with E-state index in [4.69, 9.17) is 11.6 Å². The largest absolute Gasteiger partial charge is 0.341 e. The summed E-state index contributed by atoms with van der Waals surface area (Å²) in [5.41, 5.74) is 1.96. The molecule has 2 heterocycles. The summed E-state index contributed by atoms with van der Waals surface area (Å²) >= 11 is 7.76. The molecule has 0 saturated carbocycles. The van der Waals surface area contributed by atoms with Crippen LogP contribution in [-0.4, -0.2) is 34.2 Å². The molecule has 0 spiro atoms. The monoisotopic (exact) mass is 361 g/mol. The number of aromatic nitrogens is 2. The van der Waals surface area contributed by atoms with Gasteiger partial charge in [0.15, 0.2) is 0 Å². The number of hydrogen-bond acceptors (Lipinski definition) is 3. The van der Waals surface area contributed by atoms with E-state index in [0.29, 0.717) is 6.54 Å². The van der Waals surface area contributed by atoms with Gasteiger partial charge in [-0.1, -0.05) is 36.7 Å². The predicted molar refractivity (Wildman–Crippen MR) is 100 cm³/mol. The number of rotatable bonds is 5. The zero-order valence-corrected chi connectivity index (χ0v) is 15.6. The Kier molecular flexibility index (Phi) is 4.92. The molecule has 6 heteroatoms. The summed E-state index contributed by atoms with van der Waals surface area (Å²) in [5, 5.41) is 6.38. The molecule has 0 aliphatic carbocycles. The van der Waals surface area contributed by atoms with Crippen LogP contribution >= 0.6 is 22.9 Å². The molecular formula is C18H20ClN3OS. The molecule has 3 aromatic rings. The molecule has 0 fully saturated rings. The number of benzene rings is 1. The number of halogens is 1. The fourth-order valence-electron chi connectivity index (χ4n) is 2.74. The van der Waals surface area contributed by atoms with Crippen molar-refractivity contribution in [3.8, 4) is 0 Å². The van der Waals surface area contributed by atoms with Crippen molar-refractivity contribution in [2.45, 2.75) is 26.8 Å². The predicted octanol–water partition coefficient (Wildman–Crippen LogP) is 4.59. The summed E-state index contributed by atoms with van der Waals surface area (Å²) in [6.45, 7) is 5.41. The second-order valence-corrected chi connectivity index (χ2v) is 7.33. The first-order chi connectivity index (χ1) is 11.5. The number of thiophene rings is 1. The topological polar surface area (TPSA) is 38.1 Å². The second kappa shape index (κ2) is 6.95. The van der Waals surface area contributed by atoms with Crippen molar-refractivity contribution in [2.24, 2.45) is 0 Å². The van der Waals surface area contributed by atoms with E-state index in [1.807, 2.05) is 49.0 Å². The third kappa shape index (κ3) is 3.19. The van der Waals surface area contributed by atoms with E-state index in [1.165, 1.54) is 11.3 Å². The minimum absolute atomic E-state index is 0.0711. The van der Waals surface area contributed by atoms with Crippen LogP contribution < -0.4 is 0 Å². The first-order valence-corrected chi connectivity index (χ1v) is 9.16. The molecule has 0 saturated heterocycles. The SMILES string of the molecule is CCCN(C)C(=O)c1cc2c(C)nn(Cc3ccccc3Cl)c2s1. The molecule has 2 aromatic heterocycles. The Morgan fingerprint density at radius 1 is 1.38 bits per heavy atom. The lowest BCUT2D eigenvalue weighted by Gasteiger charge is -2.14. The summed E-state index contributed by atoms with van der Waals surface area (Å²) < 4.78 is 1.94. The van der Waals surface area contributed by atoms with E-state index in [1.54, 1.807) is 4.90 Å². The third-order valence-electron chi connectivity index (χ3n) is 4.00.